The smallest absolute Gasteiger partial charge is 0.251 e. The van der Waals surface area contributed by atoms with Gasteiger partial charge in [-0.1, -0.05) is 56.3 Å². The van der Waals surface area contributed by atoms with E-state index >= 15 is 0 Å². The molecule has 1 unspecified atom stereocenters. The molecule has 4 nitrogen and oxygen atoms in total. The Morgan fingerprint density at radius 2 is 1.64 bits per heavy atom. The van der Waals surface area contributed by atoms with Crippen LogP contribution in [0.2, 0.25) is 0 Å². The van der Waals surface area contributed by atoms with Crippen molar-refractivity contribution in [2.75, 3.05) is 26.7 Å². The quantitative estimate of drug-likeness (QED) is 0.737. The first kappa shape index (κ1) is 19.2. The zero-order valence-electron chi connectivity index (χ0n) is 15.5. The SMILES string of the molecule is CCN(CC)C(CNCc1ccc(C(=O)NC)cc1)c1ccccc1. The summed E-state index contributed by atoms with van der Waals surface area (Å²) in [5.74, 6) is -0.0508. The molecule has 25 heavy (non-hydrogen) atoms. The van der Waals surface area contributed by atoms with E-state index in [1.165, 1.54) is 11.1 Å². The second kappa shape index (κ2) is 9.97. The molecule has 0 aromatic heterocycles. The fourth-order valence-electron chi connectivity index (χ4n) is 3.07. The van der Waals surface area contributed by atoms with Crippen LogP contribution in [-0.4, -0.2) is 37.5 Å². The Balaban J connectivity index is 1.97. The highest BCUT2D eigenvalue weighted by atomic mass is 16.1. The summed E-state index contributed by atoms with van der Waals surface area (Å²) in [5, 5.41) is 6.21. The number of amides is 1. The number of hydrogen-bond donors (Lipinski definition) is 2. The van der Waals surface area contributed by atoms with Crippen LogP contribution in [0.25, 0.3) is 0 Å². The Kier molecular flexibility index (Phi) is 7.64. The molecular weight excluding hydrogens is 310 g/mol. The average molecular weight is 339 g/mol. The van der Waals surface area contributed by atoms with Gasteiger partial charge in [-0.25, -0.2) is 0 Å². The molecule has 0 aliphatic carbocycles. The highest BCUT2D eigenvalue weighted by molar-refractivity contribution is 5.93. The van der Waals surface area contributed by atoms with Crippen LogP contribution in [0.4, 0.5) is 0 Å². The molecule has 2 rings (SSSR count). The minimum atomic E-state index is -0.0508. The lowest BCUT2D eigenvalue weighted by Crippen LogP contribution is -2.35. The van der Waals surface area contributed by atoms with Crippen LogP contribution in [0, 0.1) is 0 Å². The van der Waals surface area contributed by atoms with E-state index in [0.29, 0.717) is 11.6 Å². The number of benzene rings is 2. The van der Waals surface area contributed by atoms with E-state index in [0.717, 1.165) is 26.2 Å². The van der Waals surface area contributed by atoms with Gasteiger partial charge in [0.15, 0.2) is 0 Å². The van der Waals surface area contributed by atoms with Gasteiger partial charge in [-0.3, -0.25) is 9.69 Å². The third-order valence-corrected chi connectivity index (χ3v) is 4.55. The molecule has 0 aliphatic rings. The van der Waals surface area contributed by atoms with Crippen molar-refractivity contribution in [2.45, 2.75) is 26.4 Å². The largest absolute Gasteiger partial charge is 0.355 e. The average Bonchev–Trinajstić information content (AvgIpc) is 2.68. The number of carbonyl (C=O) groups is 1. The van der Waals surface area contributed by atoms with Crippen molar-refractivity contribution >= 4 is 5.91 Å². The van der Waals surface area contributed by atoms with Gasteiger partial charge in [-0.15, -0.1) is 0 Å². The minimum absolute atomic E-state index is 0.0508. The van der Waals surface area contributed by atoms with Crippen LogP contribution in [-0.2, 0) is 6.54 Å². The molecule has 2 aromatic rings. The first-order valence-electron chi connectivity index (χ1n) is 9.00. The lowest BCUT2D eigenvalue weighted by Gasteiger charge is -2.30. The van der Waals surface area contributed by atoms with Crippen molar-refractivity contribution < 1.29 is 4.79 Å². The van der Waals surface area contributed by atoms with Crippen molar-refractivity contribution in [1.29, 1.82) is 0 Å². The first-order valence-corrected chi connectivity index (χ1v) is 9.00. The molecule has 2 N–H and O–H groups in total. The summed E-state index contributed by atoms with van der Waals surface area (Å²) in [6.45, 7) is 8.15. The number of nitrogens with one attached hydrogen (secondary N) is 2. The second-order valence-corrected chi connectivity index (χ2v) is 6.05. The molecule has 1 atom stereocenters. The lowest BCUT2D eigenvalue weighted by molar-refractivity contribution is 0.0963. The van der Waals surface area contributed by atoms with Crippen LogP contribution in [0.1, 0.15) is 41.4 Å². The molecule has 0 aliphatic heterocycles. The Morgan fingerprint density at radius 1 is 1.00 bits per heavy atom. The number of likely N-dealkylation sites (N-methyl/N-ethyl adjacent to an activating group) is 1. The monoisotopic (exact) mass is 339 g/mol. The molecule has 1 amide bonds. The molecule has 0 bridgehead atoms. The summed E-state index contributed by atoms with van der Waals surface area (Å²) < 4.78 is 0. The van der Waals surface area contributed by atoms with Crippen LogP contribution in [0.3, 0.4) is 0 Å². The molecule has 0 saturated carbocycles. The number of nitrogens with zero attached hydrogens (tertiary/aromatic N) is 1. The maximum Gasteiger partial charge on any atom is 0.251 e. The fraction of sp³-hybridized carbons (Fsp3) is 0.381. The highest BCUT2D eigenvalue weighted by Gasteiger charge is 2.17. The molecule has 0 spiro atoms. The topological polar surface area (TPSA) is 44.4 Å². The maximum absolute atomic E-state index is 11.6. The summed E-state index contributed by atoms with van der Waals surface area (Å²) in [4.78, 5) is 14.1. The van der Waals surface area contributed by atoms with Crippen molar-refractivity contribution in [3.05, 3.63) is 71.3 Å². The van der Waals surface area contributed by atoms with Crippen LogP contribution in [0.5, 0.6) is 0 Å². The molecule has 4 heteroatoms. The Morgan fingerprint density at radius 3 is 2.20 bits per heavy atom. The van der Waals surface area contributed by atoms with E-state index in [9.17, 15) is 4.79 Å². The number of rotatable bonds is 9. The normalized spacial score (nSPS) is 12.2. The van der Waals surface area contributed by atoms with Crippen LogP contribution in [0.15, 0.2) is 54.6 Å². The zero-order valence-corrected chi connectivity index (χ0v) is 15.5. The van der Waals surface area contributed by atoms with E-state index in [2.05, 4.69) is 59.7 Å². The van der Waals surface area contributed by atoms with Gasteiger partial charge in [-0.05, 0) is 36.3 Å². The molecule has 0 heterocycles. The van der Waals surface area contributed by atoms with E-state index in [1.807, 2.05) is 24.3 Å². The summed E-state index contributed by atoms with van der Waals surface area (Å²) in [6.07, 6.45) is 0. The van der Waals surface area contributed by atoms with Gasteiger partial charge in [0.25, 0.3) is 5.91 Å². The van der Waals surface area contributed by atoms with Gasteiger partial charge < -0.3 is 10.6 Å². The standard InChI is InChI=1S/C21H29N3O/c1-4-24(5-2)20(18-9-7-6-8-10-18)16-23-15-17-11-13-19(14-12-17)21(25)22-3/h6-14,20,23H,4-5,15-16H2,1-3H3,(H,22,25). The number of hydrogen-bond acceptors (Lipinski definition) is 3. The van der Waals surface area contributed by atoms with E-state index in [-0.39, 0.29) is 5.91 Å². The van der Waals surface area contributed by atoms with Gasteiger partial charge in [0.1, 0.15) is 0 Å². The minimum Gasteiger partial charge on any atom is -0.355 e. The Labute approximate surface area is 151 Å². The maximum atomic E-state index is 11.6. The second-order valence-electron chi connectivity index (χ2n) is 6.05. The van der Waals surface area contributed by atoms with Crippen molar-refractivity contribution in [3.8, 4) is 0 Å². The van der Waals surface area contributed by atoms with E-state index < -0.39 is 0 Å². The van der Waals surface area contributed by atoms with E-state index in [4.69, 9.17) is 0 Å². The Hall–Kier alpha value is -2.17. The van der Waals surface area contributed by atoms with Crippen LogP contribution >= 0.6 is 0 Å². The van der Waals surface area contributed by atoms with Gasteiger partial charge in [0.2, 0.25) is 0 Å². The van der Waals surface area contributed by atoms with Gasteiger partial charge in [-0.2, -0.15) is 0 Å². The predicted octanol–water partition coefficient (Wildman–Crippen LogP) is 3.22. The zero-order chi connectivity index (χ0) is 18.1. The van der Waals surface area contributed by atoms with Crippen molar-refractivity contribution in [2.24, 2.45) is 0 Å². The van der Waals surface area contributed by atoms with Crippen molar-refractivity contribution in [3.63, 3.8) is 0 Å². The van der Waals surface area contributed by atoms with Crippen molar-refractivity contribution in [1.82, 2.24) is 15.5 Å². The summed E-state index contributed by atoms with van der Waals surface area (Å²) >= 11 is 0. The molecular formula is C21H29N3O. The third-order valence-electron chi connectivity index (χ3n) is 4.55. The first-order chi connectivity index (χ1) is 12.2. The third kappa shape index (κ3) is 5.41. The summed E-state index contributed by atoms with van der Waals surface area (Å²) in [5.41, 5.74) is 3.21. The lowest BCUT2D eigenvalue weighted by atomic mass is 10.0. The van der Waals surface area contributed by atoms with Crippen LogP contribution < -0.4 is 10.6 Å². The number of carbonyl (C=O) groups excluding carboxylic acids is 1. The predicted molar refractivity (Wildman–Crippen MR) is 104 cm³/mol. The van der Waals surface area contributed by atoms with Gasteiger partial charge >= 0.3 is 0 Å². The summed E-state index contributed by atoms with van der Waals surface area (Å²) in [6, 6.07) is 18.8. The summed E-state index contributed by atoms with van der Waals surface area (Å²) in [7, 11) is 1.65. The molecule has 0 fully saturated rings. The highest BCUT2D eigenvalue weighted by Crippen LogP contribution is 2.19. The van der Waals surface area contributed by atoms with Gasteiger partial charge in [0.05, 0.1) is 0 Å². The fourth-order valence-corrected chi connectivity index (χ4v) is 3.07. The molecule has 134 valence electrons. The Bertz CT molecular complexity index is 636. The van der Waals surface area contributed by atoms with Gasteiger partial charge in [0, 0.05) is 31.7 Å². The molecule has 0 saturated heterocycles. The van der Waals surface area contributed by atoms with E-state index in [1.54, 1.807) is 7.05 Å². The molecule has 0 radical (unpaired) electrons. The molecule has 2 aromatic carbocycles.